The lowest BCUT2D eigenvalue weighted by Crippen LogP contribution is -2.41. The van der Waals surface area contributed by atoms with Gasteiger partial charge in [-0.25, -0.2) is 13.4 Å². The lowest BCUT2D eigenvalue weighted by atomic mass is 10.1. The Morgan fingerprint density at radius 1 is 1.33 bits per heavy atom. The minimum atomic E-state index is -2.97. The maximum absolute atomic E-state index is 11.6. The van der Waals surface area contributed by atoms with Crippen LogP contribution in [0.4, 0.5) is 0 Å². The van der Waals surface area contributed by atoms with Crippen LogP contribution in [0.25, 0.3) is 0 Å². The van der Waals surface area contributed by atoms with Crippen molar-refractivity contribution in [2.45, 2.75) is 26.3 Å². The molecule has 8 heteroatoms. The molecule has 0 aliphatic heterocycles. The van der Waals surface area contributed by atoms with E-state index in [1.54, 1.807) is 6.08 Å². The average Bonchev–Trinajstić information content (AvgIpc) is 3.34. The zero-order chi connectivity index (χ0) is 19.0. The first-order valence-corrected chi connectivity index (χ1v) is 10.9. The summed E-state index contributed by atoms with van der Waals surface area (Å²) in [6.07, 6.45) is 4.88. The van der Waals surface area contributed by atoms with Crippen LogP contribution in [0.2, 0.25) is 0 Å². The van der Waals surface area contributed by atoms with E-state index in [0.29, 0.717) is 25.7 Å². The van der Waals surface area contributed by atoms with Crippen molar-refractivity contribution in [3.63, 3.8) is 0 Å². The van der Waals surface area contributed by atoms with Crippen molar-refractivity contribution in [1.82, 2.24) is 10.6 Å². The highest BCUT2D eigenvalue weighted by molar-refractivity contribution is 14.0. The number of benzene rings is 1. The number of hydrogen-bond acceptors (Lipinski definition) is 4. The van der Waals surface area contributed by atoms with Gasteiger partial charge < -0.3 is 15.4 Å². The molecule has 2 rings (SSSR count). The van der Waals surface area contributed by atoms with Crippen molar-refractivity contribution in [3.05, 3.63) is 42.5 Å². The number of sulfone groups is 1. The number of aliphatic imine (C=N–C) groups is 1. The summed E-state index contributed by atoms with van der Waals surface area (Å²) in [5.74, 6) is 1.71. The largest absolute Gasteiger partial charge is 0.489 e. The van der Waals surface area contributed by atoms with Crippen molar-refractivity contribution in [2.24, 2.45) is 10.4 Å². The summed E-state index contributed by atoms with van der Waals surface area (Å²) >= 11 is 0. The fourth-order valence-corrected chi connectivity index (χ4v) is 4.31. The lowest BCUT2D eigenvalue weighted by Gasteiger charge is -2.18. The smallest absolute Gasteiger partial charge is 0.191 e. The summed E-state index contributed by atoms with van der Waals surface area (Å²) in [6, 6.07) is 7.78. The summed E-state index contributed by atoms with van der Waals surface area (Å²) in [6.45, 7) is 7.94. The van der Waals surface area contributed by atoms with Gasteiger partial charge >= 0.3 is 0 Å². The van der Waals surface area contributed by atoms with Crippen LogP contribution in [0.5, 0.6) is 5.75 Å². The standard InChI is InChI=1S/C19H29N3O3S.HI/c1-4-12-25-17-9-7-6-8-16(17)13-21-18(20-5-2)22-14-19(10-11-19)15-26(3,23)24;/h4,6-9H,1,5,10-15H2,2-3H3,(H2,20,21,22);1H. The van der Waals surface area contributed by atoms with E-state index in [2.05, 4.69) is 22.2 Å². The first-order chi connectivity index (χ1) is 12.4. The van der Waals surface area contributed by atoms with Crippen molar-refractivity contribution in [1.29, 1.82) is 0 Å². The van der Waals surface area contributed by atoms with Crippen LogP contribution in [0.3, 0.4) is 0 Å². The molecule has 2 N–H and O–H groups in total. The van der Waals surface area contributed by atoms with Crippen molar-refractivity contribution in [2.75, 3.05) is 31.7 Å². The molecule has 1 fully saturated rings. The van der Waals surface area contributed by atoms with E-state index in [1.165, 1.54) is 6.26 Å². The molecule has 6 nitrogen and oxygen atoms in total. The van der Waals surface area contributed by atoms with E-state index in [1.807, 2.05) is 31.2 Å². The summed E-state index contributed by atoms with van der Waals surface area (Å²) in [5.41, 5.74) is 0.846. The Kier molecular flexibility index (Phi) is 9.58. The van der Waals surface area contributed by atoms with Crippen molar-refractivity contribution >= 4 is 39.8 Å². The Morgan fingerprint density at radius 3 is 2.63 bits per heavy atom. The molecular formula is C19H30IN3O3S. The summed E-state index contributed by atoms with van der Waals surface area (Å²) in [5, 5.41) is 6.51. The van der Waals surface area contributed by atoms with Gasteiger partial charge in [-0.05, 0) is 25.8 Å². The molecule has 152 valence electrons. The molecule has 1 aliphatic rings. The number of rotatable bonds is 10. The summed E-state index contributed by atoms with van der Waals surface area (Å²) < 4.78 is 28.9. The van der Waals surface area contributed by atoms with E-state index < -0.39 is 9.84 Å². The third kappa shape index (κ3) is 8.50. The summed E-state index contributed by atoms with van der Waals surface area (Å²) in [4.78, 5) is 4.62. The summed E-state index contributed by atoms with van der Waals surface area (Å²) in [7, 11) is -2.97. The Morgan fingerprint density at radius 2 is 2.04 bits per heavy atom. The molecule has 0 unspecified atom stereocenters. The molecule has 0 amide bonds. The number of halogens is 1. The SMILES string of the molecule is C=CCOc1ccccc1CN=C(NCC)NCC1(CS(C)(=O)=O)CC1.I. The van der Waals surface area contributed by atoms with Crippen LogP contribution in [0, 0.1) is 5.41 Å². The van der Waals surface area contributed by atoms with E-state index in [4.69, 9.17) is 4.74 Å². The molecule has 0 heterocycles. The average molecular weight is 507 g/mol. The minimum Gasteiger partial charge on any atom is -0.489 e. The van der Waals surface area contributed by atoms with Gasteiger partial charge in [-0.2, -0.15) is 0 Å². The molecule has 0 atom stereocenters. The number of nitrogens with one attached hydrogen (secondary N) is 2. The Bertz CT molecular complexity index is 746. The number of guanidine groups is 1. The quantitative estimate of drug-likeness (QED) is 0.221. The predicted molar refractivity (Wildman–Crippen MR) is 122 cm³/mol. The van der Waals surface area contributed by atoms with Crippen LogP contribution in [0.1, 0.15) is 25.3 Å². The molecule has 0 aromatic heterocycles. The molecule has 0 spiro atoms. The first kappa shape index (κ1) is 23.7. The normalized spacial score (nSPS) is 15.4. The topological polar surface area (TPSA) is 79.8 Å². The second-order valence-corrected chi connectivity index (χ2v) is 8.97. The molecule has 1 aromatic carbocycles. The van der Waals surface area contributed by atoms with Gasteiger partial charge in [0, 0.05) is 30.3 Å². The fraction of sp³-hybridized carbons (Fsp3) is 0.526. The van der Waals surface area contributed by atoms with Crippen LogP contribution in [0.15, 0.2) is 41.9 Å². The highest BCUT2D eigenvalue weighted by Gasteiger charge is 2.45. The zero-order valence-electron chi connectivity index (χ0n) is 16.0. The van der Waals surface area contributed by atoms with Gasteiger partial charge in [0.2, 0.25) is 0 Å². The van der Waals surface area contributed by atoms with Gasteiger partial charge in [-0.1, -0.05) is 30.9 Å². The zero-order valence-corrected chi connectivity index (χ0v) is 19.2. The highest BCUT2D eigenvalue weighted by atomic mass is 127. The van der Waals surface area contributed by atoms with Gasteiger partial charge in [0.1, 0.15) is 22.2 Å². The maximum Gasteiger partial charge on any atom is 0.191 e. The Labute approximate surface area is 179 Å². The minimum absolute atomic E-state index is 0. The third-order valence-corrected chi connectivity index (χ3v) is 5.37. The van der Waals surface area contributed by atoms with Crippen LogP contribution < -0.4 is 15.4 Å². The number of nitrogens with zero attached hydrogens (tertiary/aromatic N) is 1. The second-order valence-electron chi connectivity index (χ2n) is 6.83. The van der Waals surface area contributed by atoms with E-state index >= 15 is 0 Å². The lowest BCUT2D eigenvalue weighted by molar-refractivity contribution is 0.359. The molecule has 0 radical (unpaired) electrons. The van der Waals surface area contributed by atoms with E-state index in [0.717, 1.165) is 30.7 Å². The molecular weight excluding hydrogens is 477 g/mol. The molecule has 1 aromatic rings. The molecule has 0 saturated heterocycles. The Balaban J connectivity index is 0.00000364. The number of para-hydroxylation sites is 1. The first-order valence-electron chi connectivity index (χ1n) is 8.89. The fourth-order valence-electron chi connectivity index (χ4n) is 2.81. The molecule has 27 heavy (non-hydrogen) atoms. The third-order valence-electron chi connectivity index (χ3n) is 4.24. The van der Waals surface area contributed by atoms with Crippen LogP contribution in [-0.2, 0) is 16.4 Å². The van der Waals surface area contributed by atoms with E-state index in [9.17, 15) is 8.42 Å². The highest BCUT2D eigenvalue weighted by Crippen LogP contribution is 2.45. The number of ether oxygens (including phenoxy) is 1. The van der Waals surface area contributed by atoms with Gasteiger partial charge in [-0.15, -0.1) is 24.0 Å². The monoisotopic (exact) mass is 507 g/mol. The van der Waals surface area contributed by atoms with Crippen LogP contribution >= 0.6 is 24.0 Å². The second kappa shape index (κ2) is 10.9. The van der Waals surface area contributed by atoms with Gasteiger partial charge in [-0.3, -0.25) is 0 Å². The van der Waals surface area contributed by atoms with Crippen molar-refractivity contribution in [3.8, 4) is 5.75 Å². The van der Waals surface area contributed by atoms with Crippen molar-refractivity contribution < 1.29 is 13.2 Å². The van der Waals surface area contributed by atoms with E-state index in [-0.39, 0.29) is 35.1 Å². The van der Waals surface area contributed by atoms with Gasteiger partial charge in [0.25, 0.3) is 0 Å². The van der Waals surface area contributed by atoms with Gasteiger partial charge in [0.05, 0.1) is 12.3 Å². The Hall–Kier alpha value is -1.29. The molecule has 1 saturated carbocycles. The van der Waals surface area contributed by atoms with Gasteiger partial charge in [0.15, 0.2) is 5.96 Å². The molecule has 1 aliphatic carbocycles. The molecule has 0 bridgehead atoms. The predicted octanol–water partition coefficient (Wildman–Crippen LogP) is 2.75. The maximum atomic E-state index is 11.6. The number of hydrogen-bond donors (Lipinski definition) is 2. The van der Waals surface area contributed by atoms with Crippen LogP contribution in [-0.4, -0.2) is 46.1 Å².